The highest BCUT2D eigenvalue weighted by atomic mass is 32.1. The zero-order chi connectivity index (χ0) is 8.97. The van der Waals surface area contributed by atoms with E-state index in [0.29, 0.717) is 11.3 Å². The van der Waals surface area contributed by atoms with Gasteiger partial charge in [0.1, 0.15) is 16.2 Å². The SMILES string of the molecule is CN(C)C(=S=O)c1ccccc1. The zero-order valence-corrected chi connectivity index (χ0v) is 7.97. The maximum atomic E-state index is 10.7. The van der Waals surface area contributed by atoms with Crippen LogP contribution in [0.25, 0.3) is 0 Å². The van der Waals surface area contributed by atoms with Gasteiger partial charge in [0, 0.05) is 5.56 Å². The Morgan fingerprint density at radius 3 is 2.25 bits per heavy atom. The van der Waals surface area contributed by atoms with Crippen molar-refractivity contribution in [2.75, 3.05) is 14.1 Å². The second-order valence-corrected chi connectivity index (χ2v) is 3.20. The minimum Gasteiger partial charge on any atom is -0.270 e. The fraction of sp³-hybridized carbons (Fsp3) is 0.222. The number of nitrogens with zero attached hydrogens (tertiary/aromatic N) is 1. The van der Waals surface area contributed by atoms with Crippen LogP contribution < -0.4 is 0 Å². The molecule has 0 heterocycles. The highest BCUT2D eigenvalue weighted by Crippen LogP contribution is 2.00. The fourth-order valence-corrected chi connectivity index (χ4v) is 1.34. The predicted molar refractivity (Wildman–Crippen MR) is 52.4 cm³/mol. The lowest BCUT2D eigenvalue weighted by molar-refractivity contribution is 0.633. The molecule has 1 aromatic carbocycles. The van der Waals surface area contributed by atoms with Crippen LogP contribution in [0.2, 0.25) is 0 Å². The average molecular weight is 181 g/mol. The molecule has 0 aliphatic heterocycles. The third-order valence-electron chi connectivity index (χ3n) is 1.51. The largest absolute Gasteiger partial charge is 0.270 e. The normalized spacial score (nSPS) is 9.92. The van der Waals surface area contributed by atoms with E-state index in [9.17, 15) is 4.21 Å². The van der Waals surface area contributed by atoms with Gasteiger partial charge in [-0.15, -0.1) is 0 Å². The van der Waals surface area contributed by atoms with Gasteiger partial charge in [0.25, 0.3) is 0 Å². The Bertz CT molecular complexity index is 302. The minimum absolute atomic E-state index is 0.524. The van der Waals surface area contributed by atoms with Gasteiger partial charge in [0.15, 0.2) is 0 Å². The zero-order valence-electron chi connectivity index (χ0n) is 7.15. The molecule has 0 radical (unpaired) electrons. The highest BCUT2D eigenvalue weighted by Gasteiger charge is 2.03. The van der Waals surface area contributed by atoms with Crippen LogP contribution in [0.4, 0.5) is 0 Å². The highest BCUT2D eigenvalue weighted by molar-refractivity contribution is 7.66. The summed E-state index contributed by atoms with van der Waals surface area (Å²) in [5.74, 6) is 0. The molecular weight excluding hydrogens is 170 g/mol. The molecule has 1 rings (SSSR count). The summed E-state index contributed by atoms with van der Waals surface area (Å²) in [6.45, 7) is 0. The van der Waals surface area contributed by atoms with Gasteiger partial charge < -0.3 is 0 Å². The summed E-state index contributed by atoms with van der Waals surface area (Å²) in [5.41, 5.74) is 0.975. The van der Waals surface area contributed by atoms with E-state index in [1.807, 2.05) is 49.3 Å². The van der Waals surface area contributed by atoms with Crippen LogP contribution in [-0.2, 0) is 11.3 Å². The summed E-state index contributed by atoms with van der Waals surface area (Å²) in [6.07, 6.45) is 0. The van der Waals surface area contributed by atoms with Crippen molar-refractivity contribution in [3.05, 3.63) is 35.9 Å². The lowest BCUT2D eigenvalue weighted by Crippen LogP contribution is -2.22. The van der Waals surface area contributed by atoms with Gasteiger partial charge in [-0.05, 0) is 14.1 Å². The smallest absolute Gasteiger partial charge is 0.119 e. The molecule has 2 nitrogen and oxygen atoms in total. The third kappa shape index (κ3) is 2.03. The molecule has 0 N–H and O–H groups in total. The lowest BCUT2D eigenvalue weighted by Gasteiger charge is -2.09. The summed E-state index contributed by atoms with van der Waals surface area (Å²) >= 11 is 0.524. The van der Waals surface area contributed by atoms with Crippen molar-refractivity contribution >= 4 is 16.2 Å². The van der Waals surface area contributed by atoms with Gasteiger partial charge in [-0.1, -0.05) is 30.3 Å². The predicted octanol–water partition coefficient (Wildman–Crippen LogP) is 0.939. The number of rotatable bonds is 1. The van der Waals surface area contributed by atoms with E-state index in [4.69, 9.17) is 0 Å². The number of hydrogen-bond acceptors (Lipinski definition) is 1. The molecule has 3 heteroatoms. The number of benzene rings is 1. The second kappa shape index (κ2) is 4.18. The van der Waals surface area contributed by atoms with Crippen LogP contribution >= 0.6 is 0 Å². The molecule has 0 amide bonds. The topological polar surface area (TPSA) is 20.3 Å². The van der Waals surface area contributed by atoms with E-state index in [-0.39, 0.29) is 0 Å². The van der Waals surface area contributed by atoms with Crippen molar-refractivity contribution in [1.29, 1.82) is 0 Å². The first-order valence-electron chi connectivity index (χ1n) is 3.65. The molecule has 0 aliphatic rings. The molecule has 0 atom stereocenters. The molecule has 0 spiro atoms. The molecule has 64 valence electrons. The molecular formula is C9H11NOS. The minimum atomic E-state index is 0.524. The number of hydrogen-bond donors (Lipinski definition) is 0. The summed E-state index contributed by atoms with van der Waals surface area (Å²) in [7, 11) is 3.74. The second-order valence-electron chi connectivity index (χ2n) is 2.65. The molecule has 0 unspecified atom stereocenters. The van der Waals surface area contributed by atoms with Gasteiger partial charge in [0.05, 0.1) is 0 Å². The van der Waals surface area contributed by atoms with Crippen LogP contribution in [0.3, 0.4) is 0 Å². The molecule has 12 heavy (non-hydrogen) atoms. The van der Waals surface area contributed by atoms with Gasteiger partial charge in [-0.3, -0.25) is 4.90 Å². The Kier molecular flexibility index (Phi) is 3.19. The molecule has 1 aromatic rings. The van der Waals surface area contributed by atoms with E-state index < -0.39 is 0 Å². The van der Waals surface area contributed by atoms with Crippen LogP contribution in [-0.4, -0.2) is 28.2 Å². The summed E-state index contributed by atoms with van der Waals surface area (Å²) < 4.78 is 10.7. The first-order valence-corrected chi connectivity index (χ1v) is 4.39. The molecule has 0 fully saturated rings. The monoisotopic (exact) mass is 181 g/mol. The van der Waals surface area contributed by atoms with Gasteiger partial charge >= 0.3 is 0 Å². The summed E-state index contributed by atoms with van der Waals surface area (Å²) in [4.78, 5) is 2.57. The lowest BCUT2D eigenvalue weighted by atomic mass is 10.2. The maximum absolute atomic E-state index is 10.7. The molecule has 0 bridgehead atoms. The van der Waals surface area contributed by atoms with Crippen molar-refractivity contribution < 1.29 is 4.21 Å². The molecule has 0 saturated heterocycles. The Balaban J connectivity index is 3.06. The van der Waals surface area contributed by atoms with Crippen molar-refractivity contribution in [3.8, 4) is 0 Å². The molecule has 0 saturated carbocycles. The Morgan fingerprint density at radius 1 is 1.25 bits per heavy atom. The van der Waals surface area contributed by atoms with E-state index in [1.54, 1.807) is 0 Å². The maximum Gasteiger partial charge on any atom is 0.119 e. The van der Waals surface area contributed by atoms with Crippen molar-refractivity contribution in [2.45, 2.75) is 0 Å². The Morgan fingerprint density at radius 2 is 1.83 bits per heavy atom. The summed E-state index contributed by atoms with van der Waals surface area (Å²) in [5, 5.41) is 0. The van der Waals surface area contributed by atoms with Gasteiger partial charge in [0.2, 0.25) is 0 Å². The van der Waals surface area contributed by atoms with Crippen LogP contribution in [0.1, 0.15) is 5.56 Å². The van der Waals surface area contributed by atoms with Crippen molar-refractivity contribution in [3.63, 3.8) is 0 Å². The Labute approximate surface area is 75.9 Å². The van der Waals surface area contributed by atoms with E-state index >= 15 is 0 Å². The van der Waals surface area contributed by atoms with E-state index in [2.05, 4.69) is 0 Å². The van der Waals surface area contributed by atoms with Gasteiger partial charge in [-0.25, -0.2) is 4.21 Å². The standard InChI is InChI=1S/C9H11NOS/c1-10(2)9(12-11)8-6-4-3-5-7-8/h3-7H,1-2H3. The first kappa shape index (κ1) is 9.16. The van der Waals surface area contributed by atoms with E-state index in [0.717, 1.165) is 10.6 Å². The Hall–Kier alpha value is -0.930. The van der Waals surface area contributed by atoms with Crippen LogP contribution in [0.15, 0.2) is 30.3 Å². The summed E-state index contributed by atoms with van der Waals surface area (Å²) in [6, 6.07) is 9.65. The molecule has 0 aliphatic carbocycles. The van der Waals surface area contributed by atoms with Crippen molar-refractivity contribution in [1.82, 2.24) is 4.90 Å². The van der Waals surface area contributed by atoms with Crippen LogP contribution in [0, 0.1) is 0 Å². The average Bonchev–Trinajstić information content (AvgIpc) is 2.07. The first-order chi connectivity index (χ1) is 5.75. The molecule has 0 aromatic heterocycles. The van der Waals surface area contributed by atoms with Gasteiger partial charge in [-0.2, -0.15) is 0 Å². The fourth-order valence-electron chi connectivity index (χ4n) is 0.962. The van der Waals surface area contributed by atoms with Crippen molar-refractivity contribution in [2.24, 2.45) is 0 Å². The third-order valence-corrected chi connectivity index (χ3v) is 2.26. The van der Waals surface area contributed by atoms with Crippen LogP contribution in [0.5, 0.6) is 0 Å². The quantitative estimate of drug-likeness (QED) is 0.601. The van der Waals surface area contributed by atoms with E-state index in [1.165, 1.54) is 0 Å².